The van der Waals surface area contributed by atoms with E-state index in [9.17, 15) is 8.42 Å². The Labute approximate surface area is 116 Å². The molecular formula is C14H24N2O2S. The minimum Gasteiger partial charge on any atom is -0.271 e. The maximum Gasteiger partial charge on any atom is 0.150 e. The largest absolute Gasteiger partial charge is 0.271 e. The van der Waals surface area contributed by atoms with Crippen LogP contribution in [0.3, 0.4) is 0 Å². The van der Waals surface area contributed by atoms with Crippen LogP contribution in [0.25, 0.3) is 0 Å². The molecule has 0 aliphatic rings. The first kappa shape index (κ1) is 16.1. The third-order valence-corrected chi connectivity index (χ3v) is 5.17. The number of aryl methyl sites for hydroxylation is 1. The first-order valence-corrected chi connectivity index (χ1v) is 8.60. The highest BCUT2D eigenvalue weighted by molar-refractivity contribution is 7.91. The molecule has 0 radical (unpaired) electrons. The predicted octanol–water partition coefficient (Wildman–Crippen LogP) is 1.97. The zero-order chi connectivity index (χ0) is 14.3. The molecule has 1 unspecified atom stereocenters. The van der Waals surface area contributed by atoms with E-state index in [0.29, 0.717) is 6.42 Å². The Hall–Kier alpha value is -0.910. The quantitative estimate of drug-likeness (QED) is 0.565. The van der Waals surface area contributed by atoms with Crippen molar-refractivity contribution < 1.29 is 8.42 Å². The second-order valence-electron chi connectivity index (χ2n) is 4.69. The fraction of sp³-hybridized carbons (Fsp3) is 0.571. The van der Waals surface area contributed by atoms with Crippen LogP contribution < -0.4 is 11.3 Å². The van der Waals surface area contributed by atoms with Crippen LogP contribution in [0.5, 0.6) is 0 Å². The summed E-state index contributed by atoms with van der Waals surface area (Å²) in [5.74, 6) is 6.00. The lowest BCUT2D eigenvalue weighted by molar-refractivity contribution is 0.507. The van der Waals surface area contributed by atoms with Crippen molar-refractivity contribution in [3.8, 4) is 0 Å². The van der Waals surface area contributed by atoms with E-state index in [1.165, 1.54) is 5.56 Å². The van der Waals surface area contributed by atoms with E-state index >= 15 is 0 Å². The molecule has 0 spiro atoms. The Balaban J connectivity index is 2.57. The molecule has 1 rings (SSSR count). The molecule has 0 aliphatic heterocycles. The summed E-state index contributed by atoms with van der Waals surface area (Å²) < 4.78 is 22.9. The van der Waals surface area contributed by atoms with Gasteiger partial charge in [0.05, 0.1) is 5.75 Å². The summed E-state index contributed by atoms with van der Waals surface area (Å²) in [7, 11) is -2.88. The van der Waals surface area contributed by atoms with Crippen LogP contribution in [0.4, 0.5) is 0 Å². The minimum absolute atomic E-state index is 0.0120. The van der Waals surface area contributed by atoms with Crippen LogP contribution in [0.1, 0.15) is 43.9 Å². The number of benzene rings is 1. The van der Waals surface area contributed by atoms with Gasteiger partial charge in [-0.3, -0.25) is 11.3 Å². The first-order valence-electron chi connectivity index (χ1n) is 6.77. The molecule has 0 heterocycles. The first-order chi connectivity index (χ1) is 9.02. The van der Waals surface area contributed by atoms with Crippen molar-refractivity contribution in [3.63, 3.8) is 0 Å². The smallest absolute Gasteiger partial charge is 0.150 e. The van der Waals surface area contributed by atoms with Gasteiger partial charge in [0.1, 0.15) is 9.84 Å². The van der Waals surface area contributed by atoms with E-state index in [1.54, 1.807) is 6.92 Å². The molecule has 0 amide bonds. The molecule has 0 bridgehead atoms. The average Bonchev–Trinajstić information content (AvgIpc) is 2.44. The topological polar surface area (TPSA) is 72.2 Å². The van der Waals surface area contributed by atoms with Crippen LogP contribution in [-0.4, -0.2) is 19.9 Å². The van der Waals surface area contributed by atoms with Crippen LogP contribution in [0.15, 0.2) is 24.3 Å². The molecule has 4 nitrogen and oxygen atoms in total. The Kier molecular flexibility index (Phi) is 6.48. The van der Waals surface area contributed by atoms with Gasteiger partial charge in [-0.2, -0.15) is 0 Å². The summed E-state index contributed by atoms with van der Waals surface area (Å²) in [5, 5.41) is 0. The number of hydrogen-bond acceptors (Lipinski definition) is 4. The van der Waals surface area contributed by atoms with E-state index in [-0.39, 0.29) is 17.5 Å². The van der Waals surface area contributed by atoms with E-state index in [0.717, 1.165) is 18.4 Å². The lowest BCUT2D eigenvalue weighted by Crippen LogP contribution is -2.28. The van der Waals surface area contributed by atoms with Crippen LogP contribution in [-0.2, 0) is 16.3 Å². The average molecular weight is 284 g/mol. The molecule has 3 N–H and O–H groups in total. The zero-order valence-corrected chi connectivity index (χ0v) is 12.5. The fourth-order valence-corrected chi connectivity index (χ4v) is 2.88. The normalized spacial score (nSPS) is 13.4. The zero-order valence-electron chi connectivity index (χ0n) is 11.7. The summed E-state index contributed by atoms with van der Waals surface area (Å²) in [5.41, 5.74) is 5.16. The monoisotopic (exact) mass is 284 g/mol. The van der Waals surface area contributed by atoms with Gasteiger partial charge < -0.3 is 0 Å². The Morgan fingerprint density at radius 1 is 1.21 bits per heavy atom. The van der Waals surface area contributed by atoms with E-state index < -0.39 is 9.84 Å². The number of sulfone groups is 1. The van der Waals surface area contributed by atoms with Crippen molar-refractivity contribution in [2.24, 2.45) is 5.84 Å². The number of rotatable bonds is 8. The third kappa shape index (κ3) is 5.30. The van der Waals surface area contributed by atoms with Gasteiger partial charge in [0.25, 0.3) is 0 Å². The lowest BCUT2D eigenvalue weighted by atomic mass is 10.0. The number of hydrazine groups is 1. The second kappa shape index (κ2) is 7.62. The molecule has 1 aromatic rings. The molecule has 5 heteroatoms. The minimum atomic E-state index is -2.88. The fourth-order valence-electron chi connectivity index (χ4n) is 1.98. The summed E-state index contributed by atoms with van der Waals surface area (Å²) in [6.45, 7) is 3.79. The second-order valence-corrected chi connectivity index (χ2v) is 7.17. The highest BCUT2D eigenvalue weighted by Crippen LogP contribution is 2.19. The van der Waals surface area contributed by atoms with Gasteiger partial charge in [-0.15, -0.1) is 0 Å². The molecule has 0 aliphatic carbocycles. The van der Waals surface area contributed by atoms with Gasteiger partial charge >= 0.3 is 0 Å². The van der Waals surface area contributed by atoms with Crippen LogP contribution in [0, 0.1) is 0 Å². The van der Waals surface area contributed by atoms with E-state index in [4.69, 9.17) is 5.84 Å². The molecule has 0 saturated carbocycles. The molecule has 19 heavy (non-hydrogen) atoms. The molecule has 0 aromatic heterocycles. The van der Waals surface area contributed by atoms with Gasteiger partial charge in [-0.25, -0.2) is 8.42 Å². The van der Waals surface area contributed by atoms with Crippen molar-refractivity contribution in [1.82, 2.24) is 5.43 Å². The van der Waals surface area contributed by atoms with Crippen molar-refractivity contribution in [2.75, 3.05) is 11.5 Å². The van der Waals surface area contributed by atoms with Crippen molar-refractivity contribution in [2.45, 2.75) is 39.2 Å². The van der Waals surface area contributed by atoms with E-state index in [1.807, 2.05) is 0 Å². The lowest BCUT2D eigenvalue weighted by Gasteiger charge is -2.16. The Morgan fingerprint density at radius 2 is 1.84 bits per heavy atom. The molecular weight excluding hydrogens is 260 g/mol. The Morgan fingerprint density at radius 3 is 2.32 bits per heavy atom. The summed E-state index contributed by atoms with van der Waals surface area (Å²) in [4.78, 5) is 0. The maximum atomic E-state index is 11.4. The van der Waals surface area contributed by atoms with Gasteiger partial charge in [-0.05, 0) is 30.4 Å². The molecule has 108 valence electrons. The highest BCUT2D eigenvalue weighted by atomic mass is 32.2. The van der Waals surface area contributed by atoms with Gasteiger partial charge in [0, 0.05) is 11.8 Å². The summed E-state index contributed by atoms with van der Waals surface area (Å²) in [6, 6.07) is 8.29. The molecule has 0 saturated heterocycles. The Bertz CT molecular complexity index is 469. The summed E-state index contributed by atoms with van der Waals surface area (Å²) >= 11 is 0. The van der Waals surface area contributed by atoms with Crippen LogP contribution >= 0.6 is 0 Å². The number of nitrogens with two attached hydrogens (primary N) is 1. The van der Waals surface area contributed by atoms with Gasteiger partial charge in [-0.1, -0.05) is 38.1 Å². The van der Waals surface area contributed by atoms with Crippen molar-refractivity contribution >= 4 is 9.84 Å². The van der Waals surface area contributed by atoms with Gasteiger partial charge in [0.15, 0.2) is 0 Å². The predicted molar refractivity (Wildman–Crippen MR) is 79.4 cm³/mol. The van der Waals surface area contributed by atoms with E-state index in [2.05, 4.69) is 36.6 Å². The standard InChI is InChI=1S/C14H24N2O2S/c1-3-12-7-9-13(10-8-12)14(16-15)6-5-11-19(17,18)4-2/h7-10,14,16H,3-6,11,15H2,1-2H3. The number of hydrogen-bond donors (Lipinski definition) is 2. The number of nitrogens with one attached hydrogen (secondary N) is 1. The summed E-state index contributed by atoms with van der Waals surface area (Å²) in [6.07, 6.45) is 2.36. The third-order valence-electron chi connectivity index (χ3n) is 3.38. The highest BCUT2D eigenvalue weighted by Gasteiger charge is 2.12. The van der Waals surface area contributed by atoms with Crippen molar-refractivity contribution in [3.05, 3.63) is 35.4 Å². The maximum absolute atomic E-state index is 11.4. The molecule has 1 aromatic carbocycles. The molecule has 0 fully saturated rings. The van der Waals surface area contributed by atoms with Crippen molar-refractivity contribution in [1.29, 1.82) is 0 Å². The SMILES string of the molecule is CCc1ccc(C(CCCS(=O)(=O)CC)NN)cc1. The van der Waals surface area contributed by atoms with Crippen LogP contribution in [0.2, 0.25) is 0 Å². The van der Waals surface area contributed by atoms with Gasteiger partial charge in [0.2, 0.25) is 0 Å². The molecule has 1 atom stereocenters.